The molecule has 1 amide bonds. The van der Waals surface area contributed by atoms with Crippen molar-refractivity contribution in [1.82, 2.24) is 15.1 Å². The number of carboxylic acid groups (broad SMARTS) is 1. The van der Waals surface area contributed by atoms with Gasteiger partial charge in [-0.3, -0.25) is 14.5 Å². The molecule has 1 aromatic rings. The molecule has 1 aromatic carbocycles. The Balaban J connectivity index is 1.85. The Morgan fingerprint density at radius 2 is 1.88 bits per heavy atom. The smallest absolute Gasteiger partial charge is 0.322 e. The third-order valence-corrected chi connectivity index (χ3v) is 3.76. The summed E-state index contributed by atoms with van der Waals surface area (Å²) < 4.78 is 0. The molecule has 1 aliphatic heterocycles. The number of carbonyl (C=O) groups excluding carboxylic acids is 1. The lowest BCUT2D eigenvalue weighted by atomic mass is 10.2. The molecule has 0 radical (unpaired) electrons. The van der Waals surface area contributed by atoms with Crippen molar-refractivity contribution in [3.05, 3.63) is 47.7 Å². The van der Waals surface area contributed by atoms with E-state index < -0.39 is 5.97 Å². The molecular weight excluding hydrogens is 308 g/mol. The fourth-order valence-electron chi connectivity index (χ4n) is 2.50. The molecule has 0 aromatic heterocycles. The minimum atomic E-state index is -1.05. The van der Waals surface area contributed by atoms with Crippen LogP contribution in [0.1, 0.15) is 5.56 Å². The Bertz CT molecular complexity index is 644. The van der Waals surface area contributed by atoms with Gasteiger partial charge < -0.3 is 15.3 Å². The Kier molecular flexibility index (Phi) is 6.34. The maximum absolute atomic E-state index is 12.3. The maximum Gasteiger partial charge on any atom is 0.322 e. The SMILES string of the molecule is N#C/C(=C/NCC(=O)O)C(=O)N1CCN(Cc2ccccc2)CC1. The summed E-state index contributed by atoms with van der Waals surface area (Å²) in [7, 11) is 0. The fourth-order valence-corrected chi connectivity index (χ4v) is 2.50. The highest BCUT2D eigenvalue weighted by atomic mass is 16.4. The summed E-state index contributed by atoms with van der Waals surface area (Å²) in [6, 6.07) is 12.0. The van der Waals surface area contributed by atoms with Crippen molar-refractivity contribution in [2.24, 2.45) is 0 Å². The highest BCUT2D eigenvalue weighted by molar-refractivity contribution is 5.97. The molecule has 0 saturated carbocycles. The van der Waals surface area contributed by atoms with Crippen molar-refractivity contribution in [3.8, 4) is 6.07 Å². The quantitative estimate of drug-likeness (QED) is 0.580. The number of rotatable bonds is 6. The molecule has 0 bridgehead atoms. The van der Waals surface area contributed by atoms with E-state index in [1.165, 1.54) is 11.8 Å². The molecule has 126 valence electrons. The normalized spacial score (nSPS) is 15.6. The number of carbonyl (C=O) groups is 2. The second-order valence-electron chi connectivity index (χ2n) is 5.50. The van der Waals surface area contributed by atoms with Crippen LogP contribution in [0.15, 0.2) is 42.1 Å². The van der Waals surface area contributed by atoms with E-state index in [0.717, 1.165) is 19.6 Å². The number of carboxylic acids is 1. The lowest BCUT2D eigenvalue weighted by Gasteiger charge is -2.34. The summed E-state index contributed by atoms with van der Waals surface area (Å²) in [5.74, 6) is -1.42. The molecule has 2 rings (SSSR count). The van der Waals surface area contributed by atoms with Crippen LogP contribution in [0.2, 0.25) is 0 Å². The van der Waals surface area contributed by atoms with Crippen LogP contribution in [0.3, 0.4) is 0 Å². The predicted molar refractivity (Wildman–Crippen MR) is 87.6 cm³/mol. The van der Waals surface area contributed by atoms with Gasteiger partial charge in [-0.15, -0.1) is 0 Å². The van der Waals surface area contributed by atoms with Gasteiger partial charge in [-0.2, -0.15) is 5.26 Å². The van der Waals surface area contributed by atoms with E-state index in [1.54, 1.807) is 4.90 Å². The number of amides is 1. The summed E-state index contributed by atoms with van der Waals surface area (Å²) in [6.45, 7) is 3.07. The zero-order chi connectivity index (χ0) is 17.4. The number of nitriles is 1. The Morgan fingerprint density at radius 1 is 1.21 bits per heavy atom. The highest BCUT2D eigenvalue weighted by Crippen LogP contribution is 2.10. The van der Waals surface area contributed by atoms with E-state index >= 15 is 0 Å². The topological polar surface area (TPSA) is 96.7 Å². The second kappa shape index (κ2) is 8.70. The monoisotopic (exact) mass is 328 g/mol. The van der Waals surface area contributed by atoms with Crippen LogP contribution in [-0.2, 0) is 16.1 Å². The summed E-state index contributed by atoms with van der Waals surface area (Å²) in [5, 5.41) is 20.1. The van der Waals surface area contributed by atoms with Crippen molar-refractivity contribution in [2.75, 3.05) is 32.7 Å². The van der Waals surface area contributed by atoms with Crippen LogP contribution in [-0.4, -0.2) is 59.5 Å². The highest BCUT2D eigenvalue weighted by Gasteiger charge is 2.23. The number of piperazine rings is 1. The summed E-state index contributed by atoms with van der Waals surface area (Å²) in [5.41, 5.74) is 1.15. The fraction of sp³-hybridized carbons (Fsp3) is 0.353. The van der Waals surface area contributed by atoms with Gasteiger partial charge in [0.1, 0.15) is 18.2 Å². The third kappa shape index (κ3) is 5.11. The molecule has 7 nitrogen and oxygen atoms in total. The first-order valence-electron chi connectivity index (χ1n) is 7.71. The van der Waals surface area contributed by atoms with Crippen LogP contribution in [0, 0.1) is 11.3 Å². The van der Waals surface area contributed by atoms with E-state index in [0.29, 0.717) is 13.1 Å². The van der Waals surface area contributed by atoms with Crippen molar-refractivity contribution in [3.63, 3.8) is 0 Å². The first-order valence-corrected chi connectivity index (χ1v) is 7.71. The van der Waals surface area contributed by atoms with Gasteiger partial charge in [-0.1, -0.05) is 30.3 Å². The molecule has 1 saturated heterocycles. The molecule has 0 aliphatic carbocycles. The molecule has 1 aliphatic rings. The van der Waals surface area contributed by atoms with Crippen molar-refractivity contribution < 1.29 is 14.7 Å². The average molecular weight is 328 g/mol. The van der Waals surface area contributed by atoms with Crippen LogP contribution in [0.4, 0.5) is 0 Å². The molecule has 1 fully saturated rings. The van der Waals surface area contributed by atoms with Crippen LogP contribution < -0.4 is 5.32 Å². The summed E-state index contributed by atoms with van der Waals surface area (Å²) in [4.78, 5) is 26.6. The Labute approximate surface area is 140 Å². The Hall–Kier alpha value is -2.85. The van der Waals surface area contributed by atoms with Gasteiger partial charge in [0.15, 0.2) is 0 Å². The predicted octanol–water partition coefficient (Wildman–Crippen LogP) is 0.412. The van der Waals surface area contributed by atoms with Gasteiger partial charge in [0.05, 0.1) is 0 Å². The number of nitrogens with one attached hydrogen (secondary N) is 1. The van der Waals surface area contributed by atoms with Gasteiger partial charge in [0, 0.05) is 38.9 Å². The third-order valence-electron chi connectivity index (χ3n) is 3.76. The molecule has 2 N–H and O–H groups in total. The molecule has 1 heterocycles. The largest absolute Gasteiger partial charge is 0.480 e. The van der Waals surface area contributed by atoms with Gasteiger partial charge in [-0.05, 0) is 5.56 Å². The maximum atomic E-state index is 12.3. The molecule has 0 unspecified atom stereocenters. The van der Waals surface area contributed by atoms with Crippen molar-refractivity contribution in [2.45, 2.75) is 6.54 Å². The van der Waals surface area contributed by atoms with Crippen molar-refractivity contribution >= 4 is 11.9 Å². The molecule has 0 atom stereocenters. The summed E-state index contributed by atoms with van der Waals surface area (Å²) >= 11 is 0. The second-order valence-corrected chi connectivity index (χ2v) is 5.50. The zero-order valence-electron chi connectivity index (χ0n) is 13.3. The molecule has 24 heavy (non-hydrogen) atoms. The number of aliphatic carboxylic acids is 1. The lowest BCUT2D eigenvalue weighted by Crippen LogP contribution is -2.48. The lowest BCUT2D eigenvalue weighted by molar-refractivity contribution is -0.135. The number of nitrogens with zero attached hydrogens (tertiary/aromatic N) is 3. The van der Waals surface area contributed by atoms with Gasteiger partial charge in [-0.25, -0.2) is 0 Å². The zero-order valence-corrected chi connectivity index (χ0v) is 13.3. The first-order chi connectivity index (χ1) is 11.6. The molecular formula is C17H20N4O3. The Morgan fingerprint density at radius 3 is 2.46 bits per heavy atom. The van der Waals surface area contributed by atoms with Gasteiger partial charge >= 0.3 is 5.97 Å². The number of hydrogen-bond acceptors (Lipinski definition) is 5. The van der Waals surface area contributed by atoms with E-state index in [1.807, 2.05) is 24.3 Å². The number of benzene rings is 1. The van der Waals surface area contributed by atoms with Gasteiger partial charge in [0.2, 0.25) is 0 Å². The van der Waals surface area contributed by atoms with E-state index in [-0.39, 0.29) is 18.0 Å². The summed E-state index contributed by atoms with van der Waals surface area (Å²) in [6.07, 6.45) is 1.17. The van der Waals surface area contributed by atoms with Crippen LogP contribution in [0.5, 0.6) is 0 Å². The number of hydrogen-bond donors (Lipinski definition) is 2. The molecule has 7 heteroatoms. The average Bonchev–Trinajstić information content (AvgIpc) is 2.59. The minimum Gasteiger partial charge on any atom is -0.480 e. The standard InChI is InChI=1S/C17H20N4O3/c18-10-15(11-19-12-16(22)23)17(24)21-8-6-20(7-9-21)13-14-4-2-1-3-5-14/h1-5,11,19H,6-9,12-13H2,(H,22,23)/b15-11-. The minimum absolute atomic E-state index is 0.0761. The van der Waals surface area contributed by atoms with Crippen molar-refractivity contribution in [1.29, 1.82) is 5.26 Å². The molecule has 0 spiro atoms. The van der Waals surface area contributed by atoms with Crippen LogP contribution in [0.25, 0.3) is 0 Å². The van der Waals surface area contributed by atoms with E-state index in [9.17, 15) is 9.59 Å². The first kappa shape index (κ1) is 17.5. The van der Waals surface area contributed by atoms with E-state index in [4.69, 9.17) is 10.4 Å². The van der Waals surface area contributed by atoms with E-state index in [2.05, 4.69) is 22.3 Å². The van der Waals surface area contributed by atoms with Crippen LogP contribution >= 0.6 is 0 Å². The van der Waals surface area contributed by atoms with Gasteiger partial charge in [0.25, 0.3) is 5.91 Å².